The lowest BCUT2D eigenvalue weighted by Crippen LogP contribution is -2.15. The van der Waals surface area contributed by atoms with Gasteiger partial charge in [-0.2, -0.15) is 0 Å². The third-order valence-electron chi connectivity index (χ3n) is 4.16. The first-order valence-electron chi connectivity index (χ1n) is 9.03. The van der Waals surface area contributed by atoms with Crippen LogP contribution in [0, 0.1) is 0 Å². The van der Waals surface area contributed by atoms with E-state index in [9.17, 15) is 4.79 Å². The first-order valence-corrected chi connectivity index (χ1v) is 10.8. The summed E-state index contributed by atoms with van der Waals surface area (Å²) < 4.78 is 7.14. The molecule has 3 rings (SSSR count). The third kappa shape index (κ3) is 5.78. The van der Waals surface area contributed by atoms with Gasteiger partial charge in [-0.05, 0) is 35.9 Å². The van der Waals surface area contributed by atoms with Crippen molar-refractivity contribution in [1.29, 1.82) is 0 Å². The molecule has 2 aromatic carbocycles. The summed E-state index contributed by atoms with van der Waals surface area (Å²) in [6, 6.07) is 12.7. The zero-order chi connectivity index (χ0) is 21.5. The number of ether oxygens (including phenoxy) is 1. The third-order valence-corrected chi connectivity index (χ3v) is 5.68. The Morgan fingerprint density at radius 3 is 2.67 bits per heavy atom. The summed E-state index contributed by atoms with van der Waals surface area (Å²) in [7, 11) is 1.64. The molecule has 0 aliphatic rings. The van der Waals surface area contributed by atoms with Gasteiger partial charge in [0.25, 0.3) is 0 Å². The summed E-state index contributed by atoms with van der Waals surface area (Å²) in [4.78, 5) is 12.3. The minimum atomic E-state index is -0.200. The summed E-state index contributed by atoms with van der Waals surface area (Å²) in [6.45, 7) is 4.36. The quantitative estimate of drug-likeness (QED) is 0.353. The van der Waals surface area contributed by atoms with Crippen LogP contribution in [0.3, 0.4) is 0 Å². The molecule has 0 atom stereocenters. The number of rotatable bonds is 9. The maximum absolute atomic E-state index is 12.3. The van der Waals surface area contributed by atoms with Gasteiger partial charge in [-0.1, -0.05) is 53.2 Å². The molecule has 0 fully saturated rings. The predicted molar refractivity (Wildman–Crippen MR) is 122 cm³/mol. The van der Waals surface area contributed by atoms with Gasteiger partial charge in [-0.15, -0.1) is 16.8 Å². The van der Waals surface area contributed by atoms with Crippen LogP contribution in [-0.4, -0.2) is 33.5 Å². The van der Waals surface area contributed by atoms with Crippen molar-refractivity contribution < 1.29 is 9.53 Å². The van der Waals surface area contributed by atoms with Gasteiger partial charge in [0, 0.05) is 18.0 Å². The van der Waals surface area contributed by atoms with E-state index in [4.69, 9.17) is 27.9 Å². The Morgan fingerprint density at radius 1 is 1.23 bits per heavy atom. The number of thioether (sulfide) groups is 1. The summed E-state index contributed by atoms with van der Waals surface area (Å²) in [6.07, 6.45) is 2.39. The van der Waals surface area contributed by atoms with Crippen LogP contribution in [-0.2, 0) is 17.8 Å². The van der Waals surface area contributed by atoms with E-state index in [1.807, 2.05) is 28.8 Å². The number of allylic oxidation sites excluding steroid dienone is 1. The van der Waals surface area contributed by atoms with Gasteiger partial charge in [0.05, 0.1) is 23.6 Å². The van der Waals surface area contributed by atoms with Crippen LogP contribution >= 0.6 is 35.0 Å². The fourth-order valence-corrected chi connectivity index (χ4v) is 3.92. The topological polar surface area (TPSA) is 69.0 Å². The van der Waals surface area contributed by atoms with Crippen molar-refractivity contribution in [1.82, 2.24) is 14.8 Å². The smallest absolute Gasteiger partial charge is 0.234 e. The average Bonchev–Trinajstić information content (AvgIpc) is 3.11. The summed E-state index contributed by atoms with van der Waals surface area (Å²) >= 11 is 13.3. The normalized spacial score (nSPS) is 10.6. The molecular formula is C21H20Cl2N4O2S. The number of nitrogens with zero attached hydrogens (tertiary/aromatic N) is 3. The average molecular weight is 463 g/mol. The summed E-state index contributed by atoms with van der Waals surface area (Å²) in [5.74, 6) is 1.56. The van der Waals surface area contributed by atoms with E-state index >= 15 is 0 Å². The predicted octanol–water partition coefficient (Wildman–Crippen LogP) is 5.10. The van der Waals surface area contributed by atoms with Gasteiger partial charge in [-0.25, -0.2) is 0 Å². The Kier molecular flexibility index (Phi) is 7.79. The highest BCUT2D eigenvalue weighted by molar-refractivity contribution is 7.99. The van der Waals surface area contributed by atoms with E-state index in [0.29, 0.717) is 33.9 Å². The zero-order valence-electron chi connectivity index (χ0n) is 16.3. The van der Waals surface area contributed by atoms with Gasteiger partial charge in [0.1, 0.15) is 11.6 Å². The Hall–Kier alpha value is -2.48. The first kappa shape index (κ1) is 22.2. The fourth-order valence-electron chi connectivity index (χ4n) is 2.70. The Morgan fingerprint density at radius 2 is 2.00 bits per heavy atom. The van der Waals surface area contributed by atoms with E-state index in [0.717, 1.165) is 17.1 Å². The molecule has 9 heteroatoms. The number of aromatic nitrogens is 3. The molecule has 1 amide bonds. The molecule has 0 saturated carbocycles. The van der Waals surface area contributed by atoms with Gasteiger partial charge in [0.2, 0.25) is 5.91 Å². The monoisotopic (exact) mass is 462 g/mol. The lowest BCUT2D eigenvalue weighted by molar-refractivity contribution is -0.113. The van der Waals surface area contributed by atoms with Crippen LogP contribution in [0.1, 0.15) is 11.4 Å². The maximum Gasteiger partial charge on any atom is 0.234 e. The Balaban J connectivity index is 1.66. The van der Waals surface area contributed by atoms with Crippen molar-refractivity contribution in [2.75, 3.05) is 18.2 Å². The second-order valence-corrected chi connectivity index (χ2v) is 8.07. The minimum Gasteiger partial charge on any atom is -0.497 e. The van der Waals surface area contributed by atoms with Crippen molar-refractivity contribution >= 4 is 46.6 Å². The number of methoxy groups -OCH3 is 1. The molecule has 0 radical (unpaired) electrons. The van der Waals surface area contributed by atoms with Crippen LogP contribution in [0.4, 0.5) is 5.69 Å². The first-order chi connectivity index (χ1) is 14.5. The van der Waals surface area contributed by atoms with Crippen molar-refractivity contribution in [3.8, 4) is 5.75 Å². The van der Waals surface area contributed by atoms with Gasteiger partial charge in [0.15, 0.2) is 5.16 Å². The number of benzene rings is 2. The molecule has 0 saturated heterocycles. The number of amides is 1. The molecule has 0 unspecified atom stereocenters. The van der Waals surface area contributed by atoms with Crippen molar-refractivity contribution in [3.05, 3.63) is 76.6 Å². The second kappa shape index (κ2) is 10.5. The molecule has 1 heterocycles. The van der Waals surface area contributed by atoms with Crippen LogP contribution in [0.5, 0.6) is 5.75 Å². The lowest BCUT2D eigenvalue weighted by Gasteiger charge is -2.09. The molecule has 1 N–H and O–H groups in total. The maximum atomic E-state index is 12.3. The van der Waals surface area contributed by atoms with Gasteiger partial charge >= 0.3 is 0 Å². The van der Waals surface area contributed by atoms with E-state index < -0.39 is 0 Å². The molecule has 30 heavy (non-hydrogen) atoms. The second-order valence-electron chi connectivity index (χ2n) is 6.28. The summed E-state index contributed by atoms with van der Waals surface area (Å²) in [5.41, 5.74) is 1.60. The standard InChI is InChI=1S/C21H20Cl2N4O2S/c1-3-10-27-19(11-14-4-7-16(29-2)8-5-14)25-26-21(27)30-13-20(28)24-18-9-6-15(22)12-17(18)23/h3-9,12H,1,10-11,13H2,2H3,(H,24,28). The molecule has 0 bridgehead atoms. The Bertz CT molecular complexity index is 1040. The van der Waals surface area contributed by atoms with Crippen LogP contribution in [0.2, 0.25) is 10.0 Å². The molecule has 0 spiro atoms. The highest BCUT2D eigenvalue weighted by atomic mass is 35.5. The number of hydrogen-bond acceptors (Lipinski definition) is 5. The largest absolute Gasteiger partial charge is 0.497 e. The minimum absolute atomic E-state index is 0.163. The molecule has 1 aromatic heterocycles. The van der Waals surface area contributed by atoms with Crippen LogP contribution in [0.15, 0.2) is 60.3 Å². The zero-order valence-corrected chi connectivity index (χ0v) is 18.6. The summed E-state index contributed by atoms with van der Waals surface area (Å²) in [5, 5.41) is 12.9. The molecule has 3 aromatic rings. The highest BCUT2D eigenvalue weighted by Crippen LogP contribution is 2.26. The van der Waals surface area contributed by atoms with E-state index in [2.05, 4.69) is 22.1 Å². The van der Waals surface area contributed by atoms with Crippen LogP contribution < -0.4 is 10.1 Å². The van der Waals surface area contributed by atoms with Crippen molar-refractivity contribution in [2.45, 2.75) is 18.1 Å². The number of halogens is 2. The number of carbonyl (C=O) groups is 1. The number of anilines is 1. The van der Waals surface area contributed by atoms with E-state index in [1.54, 1.807) is 31.4 Å². The van der Waals surface area contributed by atoms with Crippen LogP contribution in [0.25, 0.3) is 0 Å². The van der Waals surface area contributed by atoms with Crippen molar-refractivity contribution in [3.63, 3.8) is 0 Å². The van der Waals surface area contributed by atoms with E-state index in [-0.39, 0.29) is 11.7 Å². The number of nitrogens with one attached hydrogen (secondary N) is 1. The highest BCUT2D eigenvalue weighted by Gasteiger charge is 2.15. The van der Waals surface area contributed by atoms with Gasteiger partial charge in [-0.3, -0.25) is 4.79 Å². The molecule has 156 valence electrons. The molecular weight excluding hydrogens is 443 g/mol. The number of hydrogen-bond donors (Lipinski definition) is 1. The lowest BCUT2D eigenvalue weighted by atomic mass is 10.1. The SMILES string of the molecule is C=CCn1c(Cc2ccc(OC)cc2)nnc1SCC(=O)Nc1ccc(Cl)cc1Cl. The van der Waals surface area contributed by atoms with E-state index in [1.165, 1.54) is 11.8 Å². The Labute approximate surface area is 189 Å². The molecule has 0 aliphatic carbocycles. The van der Waals surface area contributed by atoms with Gasteiger partial charge < -0.3 is 14.6 Å². The molecule has 6 nitrogen and oxygen atoms in total. The number of carbonyl (C=O) groups excluding carboxylic acids is 1. The van der Waals surface area contributed by atoms with Crippen molar-refractivity contribution in [2.24, 2.45) is 0 Å². The molecule has 0 aliphatic heterocycles. The fraction of sp³-hybridized carbons (Fsp3) is 0.190.